The summed E-state index contributed by atoms with van der Waals surface area (Å²) in [4.78, 5) is 30.2. The molecule has 0 unspecified atom stereocenters. The largest absolute Gasteiger partial charge is 0.462 e. The molecule has 25 heavy (non-hydrogen) atoms. The number of thiophene rings is 1. The summed E-state index contributed by atoms with van der Waals surface area (Å²) in [5, 5.41) is 7.48. The Morgan fingerprint density at radius 1 is 1.48 bits per heavy atom. The number of amides is 1. The summed E-state index contributed by atoms with van der Waals surface area (Å²) in [6.07, 6.45) is 2.88. The number of nitrogens with zero attached hydrogens (tertiary/aromatic N) is 1. The first-order chi connectivity index (χ1) is 12.1. The number of hydrogen-bond acceptors (Lipinski definition) is 7. The number of rotatable bonds is 5. The molecule has 0 aromatic carbocycles. The first-order valence-corrected chi connectivity index (χ1v) is 10.4. The maximum Gasteiger partial charge on any atom is 0.341 e. The third kappa shape index (κ3) is 4.36. The molecule has 2 aliphatic rings. The van der Waals surface area contributed by atoms with E-state index in [2.05, 4.69) is 22.5 Å². The average molecular weight is 382 g/mol. The van der Waals surface area contributed by atoms with E-state index in [9.17, 15) is 9.59 Å². The van der Waals surface area contributed by atoms with Gasteiger partial charge in [-0.05, 0) is 37.7 Å². The second kappa shape index (κ2) is 8.23. The minimum Gasteiger partial charge on any atom is -0.462 e. The molecule has 1 aromatic heterocycles. The Balaban J connectivity index is 1.74. The number of fused-ring (bicyclic) bond motifs is 1. The first kappa shape index (κ1) is 18.3. The monoisotopic (exact) mass is 381 g/mol. The number of anilines is 1. The molecule has 1 aliphatic heterocycles. The Morgan fingerprint density at radius 3 is 3.04 bits per heavy atom. The van der Waals surface area contributed by atoms with Gasteiger partial charge in [-0.25, -0.2) is 4.79 Å². The van der Waals surface area contributed by atoms with E-state index in [1.165, 1.54) is 28.0 Å². The summed E-state index contributed by atoms with van der Waals surface area (Å²) in [5.41, 5.74) is 1.62. The lowest BCUT2D eigenvalue weighted by molar-refractivity contribution is -0.113. The van der Waals surface area contributed by atoms with Crippen LogP contribution in [0.2, 0.25) is 0 Å². The Hall–Kier alpha value is -1.54. The van der Waals surface area contributed by atoms with E-state index in [0.29, 0.717) is 23.1 Å². The number of hydrogen-bond donors (Lipinski definition) is 2. The van der Waals surface area contributed by atoms with Crippen LogP contribution < -0.4 is 10.6 Å². The molecule has 0 saturated heterocycles. The third-order valence-electron chi connectivity index (χ3n) is 4.23. The second-order valence-electron chi connectivity index (χ2n) is 6.23. The van der Waals surface area contributed by atoms with Crippen LogP contribution in [0, 0.1) is 5.92 Å². The Bertz CT molecular complexity index is 700. The highest BCUT2D eigenvalue weighted by Gasteiger charge is 2.29. The molecule has 1 amide bonds. The van der Waals surface area contributed by atoms with Gasteiger partial charge in [-0.2, -0.15) is 0 Å². The lowest BCUT2D eigenvalue weighted by Gasteiger charge is -2.18. The molecule has 3 rings (SSSR count). The number of aliphatic imine (C=N–C) groups is 1. The molecule has 8 heteroatoms. The Morgan fingerprint density at radius 2 is 2.32 bits per heavy atom. The molecule has 1 aromatic rings. The Kier molecular flexibility index (Phi) is 6.01. The number of esters is 1. The van der Waals surface area contributed by atoms with Crippen LogP contribution >= 0.6 is 23.1 Å². The van der Waals surface area contributed by atoms with Crippen LogP contribution in [0.25, 0.3) is 0 Å². The number of carbonyl (C=O) groups excluding carboxylic acids is 2. The van der Waals surface area contributed by atoms with Gasteiger partial charge in [0.1, 0.15) is 5.00 Å². The maximum absolute atomic E-state index is 12.4. The number of nitrogens with one attached hydrogen (secondary N) is 2. The zero-order valence-electron chi connectivity index (χ0n) is 14.5. The van der Waals surface area contributed by atoms with Crippen LogP contribution in [0.15, 0.2) is 4.99 Å². The summed E-state index contributed by atoms with van der Waals surface area (Å²) < 4.78 is 5.22. The molecule has 0 fully saturated rings. The van der Waals surface area contributed by atoms with Crippen molar-refractivity contribution < 1.29 is 14.3 Å². The van der Waals surface area contributed by atoms with Gasteiger partial charge in [0, 0.05) is 11.4 Å². The summed E-state index contributed by atoms with van der Waals surface area (Å²) in [5.74, 6) is 0.414. The van der Waals surface area contributed by atoms with E-state index in [4.69, 9.17) is 4.74 Å². The lowest BCUT2D eigenvalue weighted by Crippen LogP contribution is -2.21. The summed E-state index contributed by atoms with van der Waals surface area (Å²) in [7, 11) is 0. The molecular formula is C17H23N3O3S2. The smallest absolute Gasteiger partial charge is 0.341 e. The molecular weight excluding hydrogens is 358 g/mol. The van der Waals surface area contributed by atoms with Crippen molar-refractivity contribution in [3.8, 4) is 0 Å². The Labute approximate surface area is 155 Å². The molecule has 1 aliphatic carbocycles. The zero-order chi connectivity index (χ0) is 17.8. The molecule has 0 spiro atoms. The minimum absolute atomic E-state index is 0.126. The van der Waals surface area contributed by atoms with Crippen LogP contribution in [-0.4, -0.2) is 42.5 Å². The minimum atomic E-state index is -0.334. The van der Waals surface area contributed by atoms with Gasteiger partial charge in [-0.1, -0.05) is 18.7 Å². The van der Waals surface area contributed by atoms with Gasteiger partial charge in [0.15, 0.2) is 5.17 Å². The number of carbonyl (C=O) groups is 2. The fourth-order valence-corrected chi connectivity index (χ4v) is 5.17. The summed E-state index contributed by atoms with van der Waals surface area (Å²) in [6, 6.07) is 0. The zero-order valence-corrected chi connectivity index (χ0v) is 16.1. The quantitative estimate of drug-likeness (QED) is 0.767. The van der Waals surface area contributed by atoms with Gasteiger partial charge < -0.3 is 15.4 Å². The highest BCUT2D eigenvalue weighted by molar-refractivity contribution is 8.14. The van der Waals surface area contributed by atoms with Crippen molar-refractivity contribution in [2.24, 2.45) is 10.9 Å². The molecule has 0 radical (unpaired) electrons. The maximum atomic E-state index is 12.4. The van der Waals surface area contributed by atoms with Crippen molar-refractivity contribution in [2.45, 2.75) is 33.1 Å². The normalized spacial score (nSPS) is 19.0. The van der Waals surface area contributed by atoms with Crippen molar-refractivity contribution in [2.75, 3.05) is 30.8 Å². The van der Waals surface area contributed by atoms with E-state index >= 15 is 0 Å². The van der Waals surface area contributed by atoms with Crippen LogP contribution in [0.4, 0.5) is 5.00 Å². The van der Waals surface area contributed by atoms with E-state index in [1.807, 2.05) is 0 Å². The van der Waals surface area contributed by atoms with E-state index in [-0.39, 0.29) is 17.6 Å². The van der Waals surface area contributed by atoms with Crippen LogP contribution in [-0.2, 0) is 22.4 Å². The van der Waals surface area contributed by atoms with Gasteiger partial charge in [0.2, 0.25) is 5.91 Å². The SMILES string of the molecule is CCOC(=O)c1c(NC(=O)CSC2=NCCN2)sc2c1CC[C@@H](C)C2. The van der Waals surface area contributed by atoms with E-state index in [0.717, 1.165) is 43.1 Å². The van der Waals surface area contributed by atoms with Crippen molar-refractivity contribution >= 4 is 45.1 Å². The lowest BCUT2D eigenvalue weighted by atomic mass is 9.88. The topological polar surface area (TPSA) is 79.8 Å². The molecule has 2 N–H and O–H groups in total. The van der Waals surface area contributed by atoms with Crippen LogP contribution in [0.1, 0.15) is 41.1 Å². The predicted molar refractivity (Wildman–Crippen MR) is 103 cm³/mol. The first-order valence-electron chi connectivity index (χ1n) is 8.61. The molecule has 0 saturated carbocycles. The molecule has 2 heterocycles. The number of ether oxygens (including phenoxy) is 1. The van der Waals surface area contributed by atoms with E-state index < -0.39 is 0 Å². The van der Waals surface area contributed by atoms with E-state index in [1.54, 1.807) is 6.92 Å². The standard InChI is InChI=1S/C17H23N3O3S2/c1-3-23-16(22)14-11-5-4-10(2)8-12(11)25-15(14)20-13(21)9-24-17-18-6-7-19-17/h10H,3-9H2,1-2H3,(H,18,19)(H,20,21)/t10-/m1/s1. The highest BCUT2D eigenvalue weighted by atomic mass is 32.2. The fraction of sp³-hybridized carbons (Fsp3) is 0.588. The van der Waals surface area contributed by atoms with Crippen LogP contribution in [0.3, 0.4) is 0 Å². The van der Waals surface area contributed by atoms with Gasteiger partial charge in [-0.3, -0.25) is 9.79 Å². The van der Waals surface area contributed by atoms with Crippen molar-refractivity contribution in [1.82, 2.24) is 5.32 Å². The van der Waals surface area contributed by atoms with Gasteiger partial charge >= 0.3 is 5.97 Å². The predicted octanol–water partition coefficient (Wildman–Crippen LogP) is 2.68. The van der Waals surface area contributed by atoms with Crippen molar-refractivity contribution in [1.29, 1.82) is 0 Å². The second-order valence-corrected chi connectivity index (χ2v) is 8.30. The van der Waals surface area contributed by atoms with Gasteiger partial charge in [0.25, 0.3) is 0 Å². The molecule has 136 valence electrons. The molecule has 1 atom stereocenters. The van der Waals surface area contributed by atoms with Crippen LogP contribution in [0.5, 0.6) is 0 Å². The fourth-order valence-electron chi connectivity index (χ4n) is 3.03. The number of amidine groups is 1. The summed E-state index contributed by atoms with van der Waals surface area (Å²) >= 11 is 2.90. The van der Waals surface area contributed by atoms with Gasteiger partial charge in [0.05, 0.1) is 24.5 Å². The van der Waals surface area contributed by atoms with Crippen molar-refractivity contribution in [3.63, 3.8) is 0 Å². The molecule has 0 bridgehead atoms. The van der Waals surface area contributed by atoms with Gasteiger partial charge in [-0.15, -0.1) is 11.3 Å². The number of thioether (sulfide) groups is 1. The average Bonchev–Trinajstić information content (AvgIpc) is 3.19. The summed E-state index contributed by atoms with van der Waals surface area (Å²) in [6.45, 7) is 5.92. The van der Waals surface area contributed by atoms with Crippen molar-refractivity contribution in [3.05, 3.63) is 16.0 Å². The molecule has 6 nitrogen and oxygen atoms in total. The highest BCUT2D eigenvalue weighted by Crippen LogP contribution is 2.40. The third-order valence-corrected chi connectivity index (χ3v) is 6.35.